The van der Waals surface area contributed by atoms with Crippen LogP contribution in [0.4, 0.5) is 14.5 Å². The van der Waals surface area contributed by atoms with Gasteiger partial charge in [-0.25, -0.2) is 8.78 Å². The van der Waals surface area contributed by atoms with E-state index in [1.54, 1.807) is 6.07 Å². The predicted octanol–water partition coefficient (Wildman–Crippen LogP) is 3.41. The fraction of sp³-hybridized carbons (Fsp3) is 0. The summed E-state index contributed by atoms with van der Waals surface area (Å²) in [7, 11) is 0. The third kappa shape index (κ3) is 2.40. The lowest BCUT2D eigenvalue weighted by atomic mass is 10.0. The van der Waals surface area contributed by atoms with Gasteiger partial charge in [0.2, 0.25) is 0 Å². The molecule has 0 fully saturated rings. The molecule has 0 heterocycles. The Morgan fingerprint density at radius 3 is 2.47 bits per heavy atom. The van der Waals surface area contributed by atoms with E-state index in [-0.39, 0.29) is 16.7 Å². The minimum atomic E-state index is -0.820. The first-order chi connectivity index (χ1) is 9.02. The quantitative estimate of drug-likeness (QED) is 0.613. The van der Waals surface area contributed by atoms with Crippen LogP contribution in [0.3, 0.4) is 0 Å². The largest absolute Gasteiger partial charge is 0.287 e. The van der Waals surface area contributed by atoms with Gasteiger partial charge in [-0.15, -0.1) is 0 Å². The lowest BCUT2D eigenvalue weighted by Gasteiger charge is -2.04. The third-order valence-electron chi connectivity index (χ3n) is 2.56. The van der Waals surface area contributed by atoms with Gasteiger partial charge in [0.1, 0.15) is 23.3 Å². The molecule has 0 saturated carbocycles. The average molecular weight is 260 g/mol. The topological polar surface area (TPSA) is 66.9 Å². The number of halogens is 2. The van der Waals surface area contributed by atoms with E-state index in [2.05, 4.69) is 0 Å². The van der Waals surface area contributed by atoms with Gasteiger partial charge in [0, 0.05) is 17.7 Å². The van der Waals surface area contributed by atoms with Crippen molar-refractivity contribution in [2.75, 3.05) is 0 Å². The molecule has 2 aromatic carbocycles. The molecule has 0 unspecified atom stereocenters. The summed E-state index contributed by atoms with van der Waals surface area (Å²) >= 11 is 0. The zero-order valence-electron chi connectivity index (χ0n) is 9.43. The Labute approximate surface area is 106 Å². The molecule has 2 rings (SSSR count). The van der Waals surface area contributed by atoms with E-state index in [0.29, 0.717) is 6.07 Å². The molecule has 0 aromatic heterocycles. The van der Waals surface area contributed by atoms with E-state index in [1.807, 2.05) is 0 Å². The number of nitrogens with zero attached hydrogens (tertiary/aromatic N) is 2. The highest BCUT2D eigenvalue weighted by Gasteiger charge is 2.16. The van der Waals surface area contributed by atoms with Gasteiger partial charge < -0.3 is 0 Å². The highest BCUT2D eigenvalue weighted by atomic mass is 19.1. The van der Waals surface area contributed by atoms with E-state index >= 15 is 0 Å². The molecule has 0 spiro atoms. The maximum Gasteiger partial charge on any atom is 0.287 e. The summed E-state index contributed by atoms with van der Waals surface area (Å²) in [5.41, 5.74) is -0.280. The van der Waals surface area contributed by atoms with Crippen LogP contribution in [-0.2, 0) is 0 Å². The van der Waals surface area contributed by atoms with Crippen molar-refractivity contribution in [3.8, 4) is 17.2 Å². The van der Waals surface area contributed by atoms with Gasteiger partial charge in [0.05, 0.1) is 4.92 Å². The van der Waals surface area contributed by atoms with Crippen LogP contribution in [0.5, 0.6) is 0 Å². The van der Waals surface area contributed by atoms with Crippen LogP contribution in [0.2, 0.25) is 0 Å². The van der Waals surface area contributed by atoms with E-state index in [4.69, 9.17) is 5.26 Å². The monoisotopic (exact) mass is 260 g/mol. The molecule has 0 amide bonds. The van der Waals surface area contributed by atoms with Crippen LogP contribution < -0.4 is 0 Å². The lowest BCUT2D eigenvalue weighted by Crippen LogP contribution is -1.94. The lowest BCUT2D eigenvalue weighted by molar-refractivity contribution is -0.385. The molecule has 6 heteroatoms. The molecule has 4 nitrogen and oxygen atoms in total. The molecule has 2 aromatic rings. The van der Waals surface area contributed by atoms with E-state index < -0.39 is 22.2 Å². The molecule has 0 saturated heterocycles. The number of rotatable bonds is 2. The molecule has 0 N–H and O–H groups in total. The average Bonchev–Trinajstić information content (AvgIpc) is 2.38. The van der Waals surface area contributed by atoms with Crippen molar-refractivity contribution in [3.63, 3.8) is 0 Å². The molecule has 19 heavy (non-hydrogen) atoms. The summed E-state index contributed by atoms with van der Waals surface area (Å²) in [6.07, 6.45) is 0. The Morgan fingerprint density at radius 2 is 1.89 bits per heavy atom. The van der Waals surface area contributed by atoms with Crippen LogP contribution in [-0.4, -0.2) is 4.92 Å². The van der Waals surface area contributed by atoms with Gasteiger partial charge >= 0.3 is 0 Å². The van der Waals surface area contributed by atoms with Crippen LogP contribution in [0.1, 0.15) is 5.56 Å². The fourth-order valence-corrected chi connectivity index (χ4v) is 1.67. The summed E-state index contributed by atoms with van der Waals surface area (Å²) in [6, 6.07) is 8.33. The van der Waals surface area contributed by atoms with Crippen molar-refractivity contribution in [2.45, 2.75) is 0 Å². The van der Waals surface area contributed by atoms with Crippen molar-refractivity contribution in [3.05, 3.63) is 63.7 Å². The molecule has 0 aliphatic carbocycles. The summed E-state index contributed by atoms with van der Waals surface area (Å²) in [5.74, 6) is -1.55. The third-order valence-corrected chi connectivity index (χ3v) is 2.56. The Morgan fingerprint density at radius 1 is 1.16 bits per heavy atom. The summed E-state index contributed by atoms with van der Waals surface area (Å²) in [4.78, 5) is 10.1. The Bertz CT molecular complexity index is 708. The molecule has 0 aliphatic heterocycles. The molecule has 0 aliphatic rings. The number of nitro benzene ring substituents is 1. The van der Waals surface area contributed by atoms with Crippen LogP contribution in [0.15, 0.2) is 36.4 Å². The normalized spacial score (nSPS) is 9.95. The molecule has 0 bridgehead atoms. The number of hydrogen-bond donors (Lipinski definition) is 0. The SMILES string of the molecule is N#Cc1ccc(-c2ccc(F)cc2F)cc1[N+](=O)[O-]. The highest BCUT2D eigenvalue weighted by Crippen LogP contribution is 2.28. The summed E-state index contributed by atoms with van der Waals surface area (Å²) < 4.78 is 26.4. The second-order valence-electron chi connectivity index (χ2n) is 3.73. The number of nitro groups is 1. The van der Waals surface area contributed by atoms with Crippen LogP contribution in [0, 0.1) is 33.1 Å². The predicted molar refractivity (Wildman–Crippen MR) is 63.2 cm³/mol. The van der Waals surface area contributed by atoms with E-state index in [9.17, 15) is 18.9 Å². The number of benzene rings is 2. The number of nitriles is 1. The van der Waals surface area contributed by atoms with Gasteiger partial charge in [0.15, 0.2) is 0 Å². The summed E-state index contributed by atoms with van der Waals surface area (Å²) in [5, 5.41) is 19.5. The van der Waals surface area contributed by atoms with Crippen molar-refractivity contribution in [1.82, 2.24) is 0 Å². The second kappa shape index (κ2) is 4.82. The van der Waals surface area contributed by atoms with Gasteiger partial charge in [0.25, 0.3) is 5.69 Å². The maximum absolute atomic E-state index is 13.6. The van der Waals surface area contributed by atoms with Gasteiger partial charge in [-0.3, -0.25) is 10.1 Å². The van der Waals surface area contributed by atoms with Crippen molar-refractivity contribution in [1.29, 1.82) is 5.26 Å². The zero-order valence-corrected chi connectivity index (χ0v) is 9.43. The van der Waals surface area contributed by atoms with Crippen molar-refractivity contribution in [2.24, 2.45) is 0 Å². The molecule has 94 valence electrons. The molecular weight excluding hydrogens is 254 g/mol. The smallest absolute Gasteiger partial charge is 0.258 e. The first-order valence-electron chi connectivity index (χ1n) is 5.17. The summed E-state index contributed by atoms with van der Waals surface area (Å²) in [6.45, 7) is 0. The zero-order chi connectivity index (χ0) is 14.0. The Balaban J connectivity index is 2.61. The van der Waals surface area contributed by atoms with Gasteiger partial charge in [-0.2, -0.15) is 5.26 Å². The minimum Gasteiger partial charge on any atom is -0.258 e. The first-order valence-corrected chi connectivity index (χ1v) is 5.17. The van der Waals surface area contributed by atoms with E-state index in [1.165, 1.54) is 18.2 Å². The number of hydrogen-bond acceptors (Lipinski definition) is 3. The molecule has 0 radical (unpaired) electrons. The van der Waals surface area contributed by atoms with E-state index in [0.717, 1.165) is 12.1 Å². The Kier molecular flexibility index (Phi) is 3.21. The van der Waals surface area contributed by atoms with Crippen molar-refractivity contribution < 1.29 is 13.7 Å². The standard InChI is InChI=1S/C13H6F2N2O2/c14-10-3-4-11(12(15)6-10)8-1-2-9(7-16)13(5-8)17(18)19/h1-6H. The molecular formula is C13H6F2N2O2. The highest BCUT2D eigenvalue weighted by molar-refractivity contribution is 5.69. The van der Waals surface area contributed by atoms with Crippen LogP contribution in [0.25, 0.3) is 11.1 Å². The van der Waals surface area contributed by atoms with Crippen molar-refractivity contribution >= 4 is 5.69 Å². The van der Waals surface area contributed by atoms with Gasteiger partial charge in [-0.1, -0.05) is 6.07 Å². The first kappa shape index (κ1) is 12.6. The Hall–Kier alpha value is -2.81. The van der Waals surface area contributed by atoms with Crippen LogP contribution >= 0.6 is 0 Å². The molecule has 0 atom stereocenters. The minimum absolute atomic E-state index is 0.0361. The fourth-order valence-electron chi connectivity index (χ4n) is 1.67. The maximum atomic E-state index is 13.6. The second-order valence-corrected chi connectivity index (χ2v) is 3.73. The van der Waals surface area contributed by atoms with Gasteiger partial charge in [-0.05, 0) is 23.8 Å².